The van der Waals surface area contributed by atoms with E-state index < -0.39 is 0 Å². The van der Waals surface area contributed by atoms with E-state index in [1.54, 1.807) is 6.20 Å². The molecular formula is C4H5N3O. The molecule has 0 bridgehead atoms. The van der Waals surface area contributed by atoms with Crippen LogP contribution in [0.1, 0.15) is 5.69 Å². The minimum Gasteiger partial charge on any atom is -0.411 e. The third-order valence-electron chi connectivity index (χ3n) is 0.716. The molecule has 1 aromatic rings. The molecule has 0 spiro atoms. The Morgan fingerprint density at radius 1 is 1.88 bits per heavy atom. The maximum atomic E-state index is 7.96. The van der Waals surface area contributed by atoms with Crippen molar-refractivity contribution in [2.75, 3.05) is 0 Å². The van der Waals surface area contributed by atoms with E-state index in [4.69, 9.17) is 5.21 Å². The first-order valence-corrected chi connectivity index (χ1v) is 2.09. The van der Waals surface area contributed by atoms with Gasteiger partial charge in [0.1, 0.15) is 0 Å². The number of oxime groups is 1. The van der Waals surface area contributed by atoms with Crippen molar-refractivity contribution in [1.29, 1.82) is 0 Å². The maximum absolute atomic E-state index is 7.96. The number of imidazole rings is 1. The molecule has 0 aromatic carbocycles. The Morgan fingerprint density at radius 3 is 3.25 bits per heavy atom. The van der Waals surface area contributed by atoms with E-state index in [0.29, 0.717) is 5.69 Å². The third kappa shape index (κ3) is 0.841. The van der Waals surface area contributed by atoms with Crippen LogP contribution in [0, 0.1) is 0 Å². The number of hydrogen-bond acceptors (Lipinski definition) is 3. The Bertz CT molecular complexity index is 167. The summed E-state index contributed by atoms with van der Waals surface area (Å²) in [7, 11) is 0. The van der Waals surface area contributed by atoms with Crippen LogP contribution in [0.25, 0.3) is 0 Å². The fourth-order valence-corrected chi connectivity index (χ4v) is 0.399. The first-order chi connectivity index (χ1) is 3.93. The zero-order valence-electron chi connectivity index (χ0n) is 4.07. The second-order valence-electron chi connectivity index (χ2n) is 1.25. The van der Waals surface area contributed by atoms with Crippen LogP contribution < -0.4 is 0 Å². The number of aromatic amines is 1. The lowest BCUT2D eigenvalue weighted by atomic mass is 10.5. The Morgan fingerprint density at radius 2 is 2.75 bits per heavy atom. The highest BCUT2D eigenvalue weighted by Gasteiger charge is 1.82. The number of rotatable bonds is 1. The molecule has 1 heterocycles. The van der Waals surface area contributed by atoms with Gasteiger partial charge in [-0.05, 0) is 0 Å². The van der Waals surface area contributed by atoms with E-state index in [1.165, 1.54) is 12.5 Å². The van der Waals surface area contributed by atoms with Gasteiger partial charge in [0.15, 0.2) is 0 Å². The lowest BCUT2D eigenvalue weighted by Crippen LogP contribution is -1.76. The number of hydrogen-bond donors (Lipinski definition) is 2. The second-order valence-corrected chi connectivity index (χ2v) is 1.25. The van der Waals surface area contributed by atoms with Crippen molar-refractivity contribution in [1.82, 2.24) is 9.97 Å². The molecular weight excluding hydrogens is 106 g/mol. The highest BCUT2D eigenvalue weighted by molar-refractivity contribution is 5.75. The van der Waals surface area contributed by atoms with Gasteiger partial charge >= 0.3 is 0 Å². The van der Waals surface area contributed by atoms with Crippen molar-refractivity contribution in [3.63, 3.8) is 0 Å². The zero-order chi connectivity index (χ0) is 5.82. The summed E-state index contributed by atoms with van der Waals surface area (Å²) in [5, 5.41) is 10.7. The van der Waals surface area contributed by atoms with Crippen LogP contribution in [0.3, 0.4) is 0 Å². The molecule has 0 aliphatic rings. The van der Waals surface area contributed by atoms with E-state index in [0.717, 1.165) is 0 Å². The van der Waals surface area contributed by atoms with Gasteiger partial charge in [-0.3, -0.25) is 0 Å². The van der Waals surface area contributed by atoms with Crippen molar-refractivity contribution in [2.45, 2.75) is 0 Å². The van der Waals surface area contributed by atoms with Crippen LogP contribution in [0.4, 0.5) is 0 Å². The Balaban J connectivity index is 2.77. The summed E-state index contributed by atoms with van der Waals surface area (Å²) < 4.78 is 0. The number of nitrogens with zero attached hydrogens (tertiary/aromatic N) is 2. The summed E-state index contributed by atoms with van der Waals surface area (Å²) in [6.07, 6.45) is 4.34. The Kier molecular flexibility index (Phi) is 1.27. The molecule has 0 aliphatic carbocycles. The fraction of sp³-hybridized carbons (Fsp3) is 0. The van der Waals surface area contributed by atoms with Gasteiger partial charge in [0.2, 0.25) is 0 Å². The molecule has 0 amide bonds. The minimum atomic E-state index is 0.688. The summed E-state index contributed by atoms with van der Waals surface area (Å²) in [5.41, 5.74) is 0.688. The third-order valence-corrected chi connectivity index (χ3v) is 0.716. The molecule has 0 unspecified atom stereocenters. The van der Waals surface area contributed by atoms with E-state index in [1.807, 2.05) is 0 Å². The van der Waals surface area contributed by atoms with Crippen molar-refractivity contribution in [3.8, 4) is 0 Å². The van der Waals surface area contributed by atoms with Crippen LogP contribution >= 0.6 is 0 Å². The molecule has 4 nitrogen and oxygen atoms in total. The SMILES string of the molecule is ON=Cc1cnc[nH]1. The van der Waals surface area contributed by atoms with E-state index in [2.05, 4.69) is 15.1 Å². The van der Waals surface area contributed by atoms with Crippen molar-refractivity contribution in [2.24, 2.45) is 5.16 Å². The summed E-state index contributed by atoms with van der Waals surface area (Å²) in [4.78, 5) is 6.40. The molecule has 1 rings (SSSR count). The lowest BCUT2D eigenvalue weighted by Gasteiger charge is -1.74. The molecule has 2 N–H and O–H groups in total. The van der Waals surface area contributed by atoms with Gasteiger partial charge < -0.3 is 10.2 Å². The first-order valence-electron chi connectivity index (χ1n) is 2.09. The second kappa shape index (κ2) is 2.11. The highest BCUT2D eigenvalue weighted by Crippen LogP contribution is 1.82. The molecule has 0 saturated carbocycles. The average molecular weight is 111 g/mol. The number of nitrogens with one attached hydrogen (secondary N) is 1. The smallest absolute Gasteiger partial charge is 0.0924 e. The minimum absolute atomic E-state index is 0.688. The van der Waals surface area contributed by atoms with Gasteiger partial charge in [-0.1, -0.05) is 5.16 Å². The summed E-state index contributed by atoms with van der Waals surface area (Å²) in [5.74, 6) is 0. The van der Waals surface area contributed by atoms with Crippen LogP contribution in [-0.4, -0.2) is 21.4 Å². The topological polar surface area (TPSA) is 61.3 Å². The van der Waals surface area contributed by atoms with Crippen LogP contribution in [0.2, 0.25) is 0 Å². The molecule has 8 heavy (non-hydrogen) atoms. The van der Waals surface area contributed by atoms with E-state index in [-0.39, 0.29) is 0 Å². The van der Waals surface area contributed by atoms with Crippen molar-refractivity contribution in [3.05, 3.63) is 18.2 Å². The van der Waals surface area contributed by atoms with Crippen LogP contribution in [0.5, 0.6) is 0 Å². The van der Waals surface area contributed by atoms with Gasteiger partial charge in [-0.15, -0.1) is 0 Å². The monoisotopic (exact) mass is 111 g/mol. The Hall–Kier alpha value is -1.32. The first kappa shape index (κ1) is 4.83. The molecule has 4 heteroatoms. The maximum Gasteiger partial charge on any atom is 0.0924 e. The predicted molar refractivity (Wildman–Crippen MR) is 28.0 cm³/mol. The molecule has 0 atom stereocenters. The standard InChI is InChI=1S/C4H5N3O/c8-7-2-4-1-5-3-6-4/h1-3,8H,(H,5,6). The molecule has 1 aromatic heterocycles. The largest absolute Gasteiger partial charge is 0.411 e. The predicted octanol–water partition coefficient (Wildman–Crippen LogP) is 0.218. The molecule has 42 valence electrons. The van der Waals surface area contributed by atoms with Crippen molar-refractivity contribution >= 4 is 6.21 Å². The van der Waals surface area contributed by atoms with Crippen molar-refractivity contribution < 1.29 is 5.21 Å². The van der Waals surface area contributed by atoms with Gasteiger partial charge in [0, 0.05) is 0 Å². The normalized spacial score (nSPS) is 10.5. The fourth-order valence-electron chi connectivity index (χ4n) is 0.399. The molecule has 0 aliphatic heterocycles. The van der Waals surface area contributed by atoms with Gasteiger partial charge in [-0.25, -0.2) is 4.98 Å². The summed E-state index contributed by atoms with van der Waals surface area (Å²) >= 11 is 0. The van der Waals surface area contributed by atoms with Crippen LogP contribution in [-0.2, 0) is 0 Å². The van der Waals surface area contributed by atoms with Gasteiger partial charge in [0.05, 0.1) is 24.4 Å². The molecule has 0 radical (unpaired) electrons. The van der Waals surface area contributed by atoms with Crippen LogP contribution in [0.15, 0.2) is 17.7 Å². The van der Waals surface area contributed by atoms with E-state index in [9.17, 15) is 0 Å². The highest BCUT2D eigenvalue weighted by atomic mass is 16.4. The Labute approximate surface area is 45.9 Å². The summed E-state index contributed by atoms with van der Waals surface area (Å²) in [6, 6.07) is 0. The molecule has 0 fully saturated rings. The van der Waals surface area contributed by atoms with Gasteiger partial charge in [-0.2, -0.15) is 0 Å². The number of aromatic nitrogens is 2. The zero-order valence-corrected chi connectivity index (χ0v) is 4.07. The number of H-pyrrole nitrogens is 1. The lowest BCUT2D eigenvalue weighted by molar-refractivity contribution is 0.321. The van der Waals surface area contributed by atoms with Gasteiger partial charge in [0.25, 0.3) is 0 Å². The quantitative estimate of drug-likeness (QED) is 0.309. The molecule has 0 saturated heterocycles. The summed E-state index contributed by atoms with van der Waals surface area (Å²) in [6.45, 7) is 0. The average Bonchev–Trinajstić information content (AvgIpc) is 2.19. The van der Waals surface area contributed by atoms with E-state index >= 15 is 0 Å².